The molecule has 0 atom stereocenters. The van der Waals surface area contributed by atoms with Crippen LogP contribution in [0.25, 0.3) is 22.4 Å². The average molecular weight is 245 g/mol. The molecule has 84 valence electrons. The van der Waals surface area contributed by atoms with Gasteiger partial charge in [-0.2, -0.15) is 0 Å². The zero-order chi connectivity index (χ0) is 11.7. The molecule has 0 spiro atoms. The molecular formula is C10H7N5OS. The first-order valence-corrected chi connectivity index (χ1v) is 5.67. The third kappa shape index (κ3) is 1.76. The monoisotopic (exact) mass is 245 g/mol. The van der Waals surface area contributed by atoms with E-state index in [2.05, 4.69) is 20.2 Å². The number of rotatable bonds is 2. The second-order valence-electron chi connectivity index (χ2n) is 3.18. The summed E-state index contributed by atoms with van der Waals surface area (Å²) in [5.74, 6) is 1.01. The minimum absolute atomic E-state index is 0.272. The van der Waals surface area contributed by atoms with Crippen molar-refractivity contribution in [2.24, 2.45) is 0 Å². The van der Waals surface area contributed by atoms with Crippen LogP contribution >= 0.6 is 11.3 Å². The minimum atomic E-state index is 0.272. The third-order valence-electron chi connectivity index (χ3n) is 2.09. The second-order valence-corrected chi connectivity index (χ2v) is 4.13. The van der Waals surface area contributed by atoms with E-state index in [1.54, 1.807) is 0 Å². The van der Waals surface area contributed by atoms with E-state index in [0.717, 1.165) is 4.88 Å². The topological polar surface area (TPSA) is 90.7 Å². The van der Waals surface area contributed by atoms with Crippen LogP contribution in [0.2, 0.25) is 0 Å². The van der Waals surface area contributed by atoms with Crippen LogP contribution in [-0.2, 0) is 0 Å². The van der Waals surface area contributed by atoms with Gasteiger partial charge in [-0.15, -0.1) is 21.5 Å². The van der Waals surface area contributed by atoms with Crippen molar-refractivity contribution in [1.82, 2.24) is 20.2 Å². The second kappa shape index (κ2) is 3.95. The molecule has 0 radical (unpaired) electrons. The van der Waals surface area contributed by atoms with E-state index in [1.165, 1.54) is 23.7 Å². The van der Waals surface area contributed by atoms with Gasteiger partial charge in [0.25, 0.3) is 11.8 Å². The van der Waals surface area contributed by atoms with Gasteiger partial charge in [-0.1, -0.05) is 6.07 Å². The lowest BCUT2D eigenvalue weighted by Crippen LogP contribution is -1.95. The average Bonchev–Trinajstić information content (AvgIpc) is 3.00. The highest BCUT2D eigenvalue weighted by Crippen LogP contribution is 2.27. The molecule has 0 bridgehead atoms. The van der Waals surface area contributed by atoms with Crippen molar-refractivity contribution in [2.75, 3.05) is 5.73 Å². The van der Waals surface area contributed by atoms with E-state index in [-0.39, 0.29) is 11.7 Å². The molecule has 0 aliphatic heterocycles. The normalized spacial score (nSPS) is 10.6. The quantitative estimate of drug-likeness (QED) is 0.740. The van der Waals surface area contributed by atoms with Gasteiger partial charge in [0.1, 0.15) is 0 Å². The lowest BCUT2D eigenvalue weighted by atomic mass is 10.4. The summed E-state index contributed by atoms with van der Waals surface area (Å²) in [5, 5.41) is 9.80. The van der Waals surface area contributed by atoms with Gasteiger partial charge in [0.2, 0.25) is 0 Å². The molecule has 0 saturated heterocycles. The predicted molar refractivity (Wildman–Crippen MR) is 63.0 cm³/mol. The number of thiophene rings is 1. The number of nitrogens with zero attached hydrogens (tertiary/aromatic N) is 4. The summed E-state index contributed by atoms with van der Waals surface area (Å²) in [5.41, 5.74) is 6.09. The first kappa shape index (κ1) is 9.91. The first-order chi connectivity index (χ1) is 8.34. The maximum atomic E-state index is 5.68. The van der Waals surface area contributed by atoms with E-state index >= 15 is 0 Å². The van der Waals surface area contributed by atoms with Crippen molar-refractivity contribution in [1.29, 1.82) is 0 Å². The Labute approximate surface area is 100 Å². The van der Waals surface area contributed by atoms with Crippen LogP contribution in [0.5, 0.6) is 0 Å². The zero-order valence-electron chi connectivity index (χ0n) is 8.57. The fourth-order valence-electron chi connectivity index (χ4n) is 1.33. The molecule has 3 aromatic rings. The predicted octanol–water partition coefficient (Wildman–Crippen LogP) is 1.84. The molecule has 6 nitrogen and oxygen atoms in total. The van der Waals surface area contributed by atoms with Crippen LogP contribution in [0.4, 0.5) is 5.82 Å². The number of hydrogen-bond donors (Lipinski definition) is 1. The first-order valence-electron chi connectivity index (χ1n) is 4.79. The molecule has 17 heavy (non-hydrogen) atoms. The molecule has 3 rings (SSSR count). The van der Waals surface area contributed by atoms with Crippen LogP contribution in [0.1, 0.15) is 0 Å². The Hall–Kier alpha value is -2.28. The molecular weight excluding hydrogens is 238 g/mol. The van der Waals surface area contributed by atoms with Crippen LogP contribution in [0.3, 0.4) is 0 Å². The largest absolute Gasteiger partial charge is 0.414 e. The summed E-state index contributed by atoms with van der Waals surface area (Å²) < 4.78 is 5.50. The maximum absolute atomic E-state index is 5.68. The molecule has 0 unspecified atom stereocenters. The number of aromatic nitrogens is 4. The highest BCUT2D eigenvalue weighted by Gasteiger charge is 2.14. The summed E-state index contributed by atoms with van der Waals surface area (Å²) in [4.78, 5) is 8.89. The summed E-state index contributed by atoms with van der Waals surface area (Å²) in [6, 6.07) is 3.82. The maximum Gasteiger partial charge on any atom is 0.270 e. The van der Waals surface area contributed by atoms with Crippen LogP contribution in [0, 0.1) is 0 Å². The molecule has 0 saturated carbocycles. The number of hydrogen-bond acceptors (Lipinski definition) is 7. The van der Waals surface area contributed by atoms with Crippen LogP contribution in [0.15, 0.2) is 34.3 Å². The smallest absolute Gasteiger partial charge is 0.270 e. The lowest BCUT2D eigenvalue weighted by Gasteiger charge is -1.96. The van der Waals surface area contributed by atoms with Crippen molar-refractivity contribution in [3.05, 3.63) is 29.9 Å². The Morgan fingerprint density at radius 2 is 1.94 bits per heavy atom. The highest BCUT2D eigenvalue weighted by atomic mass is 32.1. The van der Waals surface area contributed by atoms with Gasteiger partial charge >= 0.3 is 0 Å². The van der Waals surface area contributed by atoms with Crippen LogP contribution in [-0.4, -0.2) is 20.2 Å². The number of nitrogen functional groups attached to an aromatic ring is 1. The summed E-state index contributed by atoms with van der Waals surface area (Å²) >= 11 is 1.53. The molecule has 0 aromatic carbocycles. The van der Waals surface area contributed by atoms with Gasteiger partial charge in [0.15, 0.2) is 11.5 Å². The molecule has 7 heteroatoms. The zero-order valence-corrected chi connectivity index (χ0v) is 9.39. The molecule has 3 aromatic heterocycles. The molecule has 0 amide bonds. The van der Waals surface area contributed by atoms with Gasteiger partial charge in [-0.05, 0) is 11.4 Å². The Balaban J connectivity index is 2.04. The summed E-state index contributed by atoms with van der Waals surface area (Å²) in [7, 11) is 0. The fourth-order valence-corrected chi connectivity index (χ4v) is 1.98. The standard InChI is InChI=1S/C10H7N5OS/c11-8-7(12-3-4-13-8)10-15-14-9(16-10)6-2-1-5-17-6/h1-5H,(H2,11,13). The van der Waals surface area contributed by atoms with Gasteiger partial charge in [-0.3, -0.25) is 0 Å². The summed E-state index contributed by atoms with van der Waals surface area (Å²) in [6.45, 7) is 0. The van der Waals surface area contributed by atoms with Crippen molar-refractivity contribution < 1.29 is 4.42 Å². The minimum Gasteiger partial charge on any atom is -0.414 e. The fraction of sp³-hybridized carbons (Fsp3) is 0. The van der Waals surface area contributed by atoms with E-state index in [4.69, 9.17) is 10.2 Å². The van der Waals surface area contributed by atoms with Gasteiger partial charge in [0, 0.05) is 12.4 Å². The van der Waals surface area contributed by atoms with Gasteiger partial charge in [0.05, 0.1) is 4.88 Å². The SMILES string of the molecule is Nc1nccnc1-c1nnc(-c2cccs2)o1. The number of nitrogens with two attached hydrogens (primary N) is 1. The van der Waals surface area contributed by atoms with Crippen LogP contribution < -0.4 is 5.73 Å². The Kier molecular flexibility index (Phi) is 2.30. The molecule has 0 fully saturated rings. The molecule has 3 heterocycles. The van der Waals surface area contributed by atoms with Gasteiger partial charge in [-0.25, -0.2) is 9.97 Å². The van der Waals surface area contributed by atoms with Crippen molar-refractivity contribution in [3.63, 3.8) is 0 Å². The van der Waals surface area contributed by atoms with E-state index in [0.29, 0.717) is 11.6 Å². The number of anilines is 1. The molecule has 0 aliphatic rings. The highest BCUT2D eigenvalue weighted by molar-refractivity contribution is 7.13. The Morgan fingerprint density at radius 3 is 2.71 bits per heavy atom. The van der Waals surface area contributed by atoms with Crippen molar-refractivity contribution >= 4 is 17.2 Å². The van der Waals surface area contributed by atoms with Crippen molar-refractivity contribution in [3.8, 4) is 22.4 Å². The summed E-state index contributed by atoms with van der Waals surface area (Å²) in [6.07, 6.45) is 3.04. The van der Waals surface area contributed by atoms with Crippen molar-refractivity contribution in [2.45, 2.75) is 0 Å². The third-order valence-corrected chi connectivity index (χ3v) is 2.94. The Morgan fingerprint density at radius 1 is 1.12 bits per heavy atom. The Bertz CT molecular complexity index is 634. The van der Waals surface area contributed by atoms with E-state index in [1.807, 2.05) is 17.5 Å². The molecule has 2 N–H and O–H groups in total. The van der Waals surface area contributed by atoms with E-state index in [9.17, 15) is 0 Å². The van der Waals surface area contributed by atoms with E-state index < -0.39 is 0 Å². The lowest BCUT2D eigenvalue weighted by molar-refractivity contribution is 0.583. The molecule has 0 aliphatic carbocycles. The van der Waals surface area contributed by atoms with Gasteiger partial charge < -0.3 is 10.2 Å².